The smallest absolute Gasteiger partial charge is 0.341 e. The Morgan fingerprint density at radius 2 is 2.21 bits per heavy atom. The van der Waals surface area contributed by atoms with Gasteiger partial charge in [0.25, 0.3) is 0 Å². The van der Waals surface area contributed by atoms with E-state index in [-0.39, 0.29) is 12.1 Å². The molecule has 0 aromatic carbocycles. The second-order valence-electron chi connectivity index (χ2n) is 4.17. The van der Waals surface area contributed by atoms with E-state index in [9.17, 15) is 4.79 Å². The number of hydrogen-bond donors (Lipinski definition) is 0. The maximum atomic E-state index is 11.7. The third-order valence-corrected chi connectivity index (χ3v) is 3.20. The third-order valence-electron chi connectivity index (χ3n) is 3.20. The number of fused-ring (bicyclic) bond motifs is 1. The molecule has 0 bridgehead atoms. The molecule has 2 fully saturated rings. The van der Waals surface area contributed by atoms with Crippen molar-refractivity contribution in [1.29, 1.82) is 0 Å². The van der Waals surface area contributed by atoms with Gasteiger partial charge in [0.2, 0.25) is 0 Å². The Kier molecular flexibility index (Phi) is 2.77. The van der Waals surface area contributed by atoms with E-state index in [4.69, 9.17) is 9.47 Å². The van der Waals surface area contributed by atoms with Gasteiger partial charge in [0, 0.05) is 0 Å². The van der Waals surface area contributed by atoms with Gasteiger partial charge in [0.05, 0.1) is 12.7 Å². The van der Waals surface area contributed by atoms with Crippen molar-refractivity contribution in [2.45, 2.75) is 57.2 Å². The number of carbonyl (C=O) groups is 1. The molecule has 14 heavy (non-hydrogen) atoms. The van der Waals surface area contributed by atoms with Crippen molar-refractivity contribution in [2.75, 3.05) is 6.61 Å². The molecule has 2 rings (SSSR count). The monoisotopic (exact) mass is 198 g/mol. The lowest BCUT2D eigenvalue weighted by Gasteiger charge is -2.13. The number of hydrogen-bond acceptors (Lipinski definition) is 3. The van der Waals surface area contributed by atoms with Crippen LogP contribution in [0.15, 0.2) is 0 Å². The largest absolute Gasteiger partial charge is 0.464 e. The van der Waals surface area contributed by atoms with Crippen LogP contribution in [-0.2, 0) is 14.3 Å². The Hall–Kier alpha value is -0.570. The molecule has 1 heterocycles. The summed E-state index contributed by atoms with van der Waals surface area (Å²) in [5, 5.41) is 0. The van der Waals surface area contributed by atoms with Crippen LogP contribution in [0.3, 0.4) is 0 Å². The van der Waals surface area contributed by atoms with Crippen molar-refractivity contribution in [1.82, 2.24) is 0 Å². The molecule has 0 aromatic rings. The van der Waals surface area contributed by atoms with E-state index < -0.39 is 5.60 Å². The Morgan fingerprint density at radius 1 is 1.43 bits per heavy atom. The third kappa shape index (κ3) is 1.65. The topological polar surface area (TPSA) is 38.8 Å². The van der Waals surface area contributed by atoms with Gasteiger partial charge in [-0.1, -0.05) is 19.3 Å². The van der Waals surface area contributed by atoms with E-state index in [1.54, 1.807) is 0 Å². The summed E-state index contributed by atoms with van der Waals surface area (Å²) < 4.78 is 10.6. The van der Waals surface area contributed by atoms with Crippen LogP contribution in [-0.4, -0.2) is 24.3 Å². The minimum absolute atomic E-state index is 0.132. The fourth-order valence-electron chi connectivity index (χ4n) is 2.34. The summed E-state index contributed by atoms with van der Waals surface area (Å²) in [6.45, 7) is 2.30. The van der Waals surface area contributed by atoms with Crippen molar-refractivity contribution in [3.63, 3.8) is 0 Å². The molecule has 0 unspecified atom stereocenters. The van der Waals surface area contributed by atoms with Crippen LogP contribution in [0, 0.1) is 0 Å². The minimum Gasteiger partial charge on any atom is -0.464 e. The number of epoxide rings is 1. The fourth-order valence-corrected chi connectivity index (χ4v) is 2.34. The first-order chi connectivity index (χ1) is 6.79. The van der Waals surface area contributed by atoms with Gasteiger partial charge >= 0.3 is 5.97 Å². The first-order valence-electron chi connectivity index (χ1n) is 5.64. The summed E-state index contributed by atoms with van der Waals surface area (Å²) in [5.74, 6) is -0.132. The molecular weight excluding hydrogens is 180 g/mol. The fraction of sp³-hybridized carbons (Fsp3) is 0.909. The van der Waals surface area contributed by atoms with Crippen LogP contribution < -0.4 is 0 Å². The summed E-state index contributed by atoms with van der Waals surface area (Å²) in [7, 11) is 0. The van der Waals surface area contributed by atoms with E-state index in [1.165, 1.54) is 19.3 Å². The minimum atomic E-state index is -0.531. The molecule has 3 heteroatoms. The van der Waals surface area contributed by atoms with Gasteiger partial charge in [0.15, 0.2) is 5.60 Å². The lowest BCUT2D eigenvalue weighted by atomic mass is 9.91. The van der Waals surface area contributed by atoms with E-state index in [0.29, 0.717) is 6.61 Å². The average Bonchev–Trinajstić information content (AvgIpc) is 2.80. The van der Waals surface area contributed by atoms with Gasteiger partial charge < -0.3 is 9.47 Å². The molecule has 2 atom stereocenters. The normalized spacial score (nSPS) is 36.5. The first-order valence-corrected chi connectivity index (χ1v) is 5.64. The number of ether oxygens (including phenoxy) is 2. The standard InChI is InChI=1S/C11H18O3/c1-2-13-10(12)11-8-6-4-3-5-7-9(11)14-11/h9H,2-8H2,1H3/t9-,11+/m1/s1. The van der Waals surface area contributed by atoms with E-state index in [2.05, 4.69) is 0 Å². The molecule has 0 amide bonds. The lowest BCUT2D eigenvalue weighted by Crippen LogP contribution is -2.30. The molecule has 2 aliphatic rings. The quantitative estimate of drug-likeness (QED) is 0.503. The number of carbonyl (C=O) groups excluding carboxylic acids is 1. The SMILES string of the molecule is CCOC(=O)[C@]12CCCCCC[C@H]1O2. The Morgan fingerprint density at radius 3 is 3.00 bits per heavy atom. The summed E-state index contributed by atoms with van der Waals surface area (Å²) in [6, 6.07) is 0. The molecule has 80 valence electrons. The second-order valence-corrected chi connectivity index (χ2v) is 4.17. The molecule has 3 nitrogen and oxygen atoms in total. The van der Waals surface area contributed by atoms with Gasteiger partial charge in [-0.3, -0.25) is 0 Å². The summed E-state index contributed by atoms with van der Waals surface area (Å²) in [4.78, 5) is 11.7. The molecule has 0 radical (unpaired) electrons. The van der Waals surface area contributed by atoms with Crippen molar-refractivity contribution in [3.8, 4) is 0 Å². The zero-order valence-electron chi connectivity index (χ0n) is 8.75. The van der Waals surface area contributed by atoms with E-state index in [1.807, 2.05) is 6.92 Å². The van der Waals surface area contributed by atoms with Crippen molar-refractivity contribution < 1.29 is 14.3 Å². The Balaban J connectivity index is 1.97. The van der Waals surface area contributed by atoms with Crippen LogP contribution in [0.5, 0.6) is 0 Å². The summed E-state index contributed by atoms with van der Waals surface area (Å²) in [6.07, 6.45) is 6.81. The average molecular weight is 198 g/mol. The second kappa shape index (κ2) is 3.89. The Bertz CT molecular complexity index is 227. The van der Waals surface area contributed by atoms with Gasteiger partial charge in [-0.2, -0.15) is 0 Å². The zero-order chi connectivity index (χ0) is 10.0. The van der Waals surface area contributed by atoms with Crippen LogP contribution in [0.4, 0.5) is 0 Å². The highest BCUT2D eigenvalue weighted by Crippen LogP contribution is 2.46. The van der Waals surface area contributed by atoms with Crippen molar-refractivity contribution in [3.05, 3.63) is 0 Å². The number of esters is 1. The van der Waals surface area contributed by atoms with Crippen LogP contribution in [0.2, 0.25) is 0 Å². The van der Waals surface area contributed by atoms with Crippen molar-refractivity contribution >= 4 is 5.97 Å². The van der Waals surface area contributed by atoms with Gasteiger partial charge in [-0.25, -0.2) is 4.79 Å². The molecule has 1 saturated carbocycles. The van der Waals surface area contributed by atoms with Crippen molar-refractivity contribution in [2.24, 2.45) is 0 Å². The molecular formula is C11H18O3. The Labute approximate surface area is 84.8 Å². The molecule has 0 aromatic heterocycles. The summed E-state index contributed by atoms with van der Waals surface area (Å²) >= 11 is 0. The first kappa shape index (κ1) is 9.97. The molecule has 0 spiro atoms. The van der Waals surface area contributed by atoms with Gasteiger partial charge in [0.1, 0.15) is 0 Å². The lowest BCUT2D eigenvalue weighted by molar-refractivity contribution is -0.149. The highest BCUT2D eigenvalue weighted by molar-refractivity contribution is 5.83. The van der Waals surface area contributed by atoms with Gasteiger partial charge in [-0.15, -0.1) is 0 Å². The molecule has 1 aliphatic heterocycles. The van der Waals surface area contributed by atoms with E-state index in [0.717, 1.165) is 19.3 Å². The highest BCUT2D eigenvalue weighted by atomic mass is 16.7. The molecule has 0 N–H and O–H groups in total. The van der Waals surface area contributed by atoms with Crippen LogP contribution in [0.25, 0.3) is 0 Å². The molecule has 1 aliphatic carbocycles. The number of rotatable bonds is 2. The predicted octanol–water partition coefficient (Wildman–Crippen LogP) is 2.04. The maximum absolute atomic E-state index is 11.7. The predicted molar refractivity (Wildman–Crippen MR) is 51.9 cm³/mol. The van der Waals surface area contributed by atoms with E-state index >= 15 is 0 Å². The molecule has 1 saturated heterocycles. The van der Waals surface area contributed by atoms with Crippen LogP contribution in [0.1, 0.15) is 45.4 Å². The maximum Gasteiger partial charge on any atom is 0.341 e. The summed E-state index contributed by atoms with van der Waals surface area (Å²) in [5.41, 5.74) is -0.531. The van der Waals surface area contributed by atoms with Crippen LogP contribution >= 0.6 is 0 Å². The highest BCUT2D eigenvalue weighted by Gasteiger charge is 2.62. The van der Waals surface area contributed by atoms with Gasteiger partial charge in [-0.05, 0) is 26.2 Å². The zero-order valence-corrected chi connectivity index (χ0v) is 8.75.